The molecule has 0 saturated heterocycles. The first-order valence-corrected chi connectivity index (χ1v) is 10.9. The average molecular weight is 446 g/mol. The molecule has 1 aliphatic rings. The molecule has 5 rings (SSSR count). The minimum Gasteiger partial charge on any atom is -0.458 e. The van der Waals surface area contributed by atoms with Crippen molar-refractivity contribution in [2.45, 2.75) is 19.4 Å². The zero-order valence-corrected chi connectivity index (χ0v) is 17.9. The summed E-state index contributed by atoms with van der Waals surface area (Å²) in [5.41, 5.74) is 2.25. The lowest BCUT2D eigenvalue weighted by Gasteiger charge is -2.27. The highest BCUT2D eigenvalue weighted by Gasteiger charge is 2.32. The van der Waals surface area contributed by atoms with Crippen LogP contribution in [0.25, 0.3) is 11.5 Å². The number of carbonyl (C=O) groups is 2. The molecule has 0 saturated carbocycles. The highest BCUT2D eigenvalue weighted by molar-refractivity contribution is 7.14. The summed E-state index contributed by atoms with van der Waals surface area (Å²) in [6.45, 7) is 1.76. The van der Waals surface area contributed by atoms with E-state index in [2.05, 4.69) is 15.6 Å². The summed E-state index contributed by atoms with van der Waals surface area (Å²) in [6, 6.07) is 18.7. The van der Waals surface area contributed by atoms with Crippen LogP contribution < -0.4 is 15.4 Å². The predicted octanol–water partition coefficient (Wildman–Crippen LogP) is 4.92. The molecule has 7 nitrogen and oxygen atoms in total. The molecule has 2 amide bonds. The number of para-hydroxylation sites is 2. The standard InChI is InChI=1S/C24H19N3O4S/c1-14(28)25-12-15-10-11-21(30-15)18-13-32-24(26-18)27-23(29)22-16-6-2-4-8-19(16)31-20-9-5-3-7-17(20)22/h2-11,13,22H,12H2,1H3,(H,25,28)(H,26,27,29). The Balaban J connectivity index is 1.37. The fourth-order valence-corrected chi connectivity index (χ4v) is 4.34. The molecule has 0 unspecified atom stereocenters. The zero-order valence-electron chi connectivity index (χ0n) is 17.1. The van der Waals surface area contributed by atoms with Gasteiger partial charge < -0.3 is 19.8 Å². The smallest absolute Gasteiger partial charge is 0.238 e. The van der Waals surface area contributed by atoms with Crippen molar-refractivity contribution in [3.8, 4) is 23.0 Å². The summed E-state index contributed by atoms with van der Waals surface area (Å²) < 4.78 is 11.7. The van der Waals surface area contributed by atoms with Gasteiger partial charge in [0.2, 0.25) is 11.8 Å². The molecule has 2 aromatic heterocycles. The van der Waals surface area contributed by atoms with Gasteiger partial charge in [-0.05, 0) is 24.3 Å². The number of furan rings is 1. The van der Waals surface area contributed by atoms with E-state index in [4.69, 9.17) is 9.15 Å². The van der Waals surface area contributed by atoms with Crippen molar-refractivity contribution >= 4 is 28.3 Å². The molecule has 0 bridgehead atoms. The van der Waals surface area contributed by atoms with Gasteiger partial charge in [-0.25, -0.2) is 4.98 Å². The van der Waals surface area contributed by atoms with Gasteiger partial charge in [-0.2, -0.15) is 0 Å². The number of hydrogen-bond donors (Lipinski definition) is 2. The third-order valence-corrected chi connectivity index (χ3v) is 5.86. The average Bonchev–Trinajstić information content (AvgIpc) is 3.45. The van der Waals surface area contributed by atoms with Gasteiger partial charge in [0.25, 0.3) is 0 Å². The summed E-state index contributed by atoms with van der Waals surface area (Å²) in [5.74, 6) is 1.74. The molecular formula is C24H19N3O4S. The Morgan fingerprint density at radius 2 is 1.69 bits per heavy atom. The lowest BCUT2D eigenvalue weighted by Crippen LogP contribution is -2.25. The first kappa shape index (κ1) is 20.0. The van der Waals surface area contributed by atoms with Gasteiger partial charge in [-0.15, -0.1) is 11.3 Å². The molecule has 0 fully saturated rings. The molecule has 0 aliphatic carbocycles. The van der Waals surface area contributed by atoms with Crippen molar-refractivity contribution < 1.29 is 18.7 Å². The van der Waals surface area contributed by atoms with Gasteiger partial charge in [0, 0.05) is 23.4 Å². The number of anilines is 1. The molecule has 8 heteroatoms. The summed E-state index contributed by atoms with van der Waals surface area (Å²) >= 11 is 1.32. The number of carbonyl (C=O) groups excluding carboxylic acids is 2. The maximum Gasteiger partial charge on any atom is 0.238 e. The lowest BCUT2D eigenvalue weighted by atomic mass is 9.87. The maximum atomic E-state index is 13.3. The topological polar surface area (TPSA) is 93.5 Å². The van der Waals surface area contributed by atoms with Crippen molar-refractivity contribution in [2.24, 2.45) is 0 Å². The minimum absolute atomic E-state index is 0.127. The van der Waals surface area contributed by atoms with Crippen LogP contribution in [-0.2, 0) is 16.1 Å². The Morgan fingerprint density at radius 3 is 2.38 bits per heavy atom. The number of hydrogen-bond acceptors (Lipinski definition) is 6. The van der Waals surface area contributed by atoms with Crippen LogP contribution in [0.1, 0.15) is 29.7 Å². The van der Waals surface area contributed by atoms with Crippen molar-refractivity contribution in [1.82, 2.24) is 10.3 Å². The van der Waals surface area contributed by atoms with Crippen LogP contribution in [0.2, 0.25) is 0 Å². The first-order chi connectivity index (χ1) is 15.6. The molecule has 160 valence electrons. The second kappa shape index (κ2) is 8.32. The van der Waals surface area contributed by atoms with Crippen LogP contribution in [0.15, 0.2) is 70.5 Å². The highest BCUT2D eigenvalue weighted by atomic mass is 32.1. The summed E-state index contributed by atoms with van der Waals surface area (Å²) in [5, 5.41) is 7.94. The van der Waals surface area contributed by atoms with E-state index in [-0.39, 0.29) is 11.8 Å². The van der Waals surface area contributed by atoms with Crippen LogP contribution >= 0.6 is 11.3 Å². The number of thiazole rings is 1. The normalized spacial score (nSPS) is 12.4. The second-order valence-corrected chi connectivity index (χ2v) is 8.17. The number of amides is 2. The molecule has 4 aromatic rings. The van der Waals surface area contributed by atoms with E-state index in [0.29, 0.717) is 40.4 Å². The van der Waals surface area contributed by atoms with Gasteiger partial charge in [-0.1, -0.05) is 36.4 Å². The zero-order chi connectivity index (χ0) is 22.1. The molecule has 2 aromatic carbocycles. The third kappa shape index (κ3) is 3.88. The van der Waals surface area contributed by atoms with Crippen LogP contribution in [0.4, 0.5) is 5.13 Å². The monoisotopic (exact) mass is 445 g/mol. The van der Waals surface area contributed by atoms with Gasteiger partial charge >= 0.3 is 0 Å². The number of rotatable bonds is 5. The molecular weight excluding hydrogens is 426 g/mol. The fraction of sp³-hybridized carbons (Fsp3) is 0.125. The molecule has 32 heavy (non-hydrogen) atoms. The van der Waals surface area contributed by atoms with E-state index >= 15 is 0 Å². The van der Waals surface area contributed by atoms with Gasteiger partial charge in [-0.3, -0.25) is 9.59 Å². The molecule has 0 atom stereocenters. The Kier molecular flexibility index (Phi) is 5.20. The summed E-state index contributed by atoms with van der Waals surface area (Å²) in [4.78, 5) is 28.9. The van der Waals surface area contributed by atoms with Crippen LogP contribution in [0, 0.1) is 0 Å². The Morgan fingerprint density at radius 1 is 1.00 bits per heavy atom. The Hall–Kier alpha value is -3.91. The van der Waals surface area contributed by atoms with Crippen LogP contribution in [0.3, 0.4) is 0 Å². The van der Waals surface area contributed by atoms with E-state index in [0.717, 1.165) is 11.1 Å². The largest absolute Gasteiger partial charge is 0.458 e. The summed E-state index contributed by atoms with van der Waals surface area (Å²) in [6.07, 6.45) is 0. The third-order valence-electron chi connectivity index (χ3n) is 5.10. The molecule has 2 N–H and O–H groups in total. The maximum absolute atomic E-state index is 13.3. The highest BCUT2D eigenvalue weighted by Crippen LogP contribution is 2.44. The van der Waals surface area contributed by atoms with Gasteiger partial charge in [0.05, 0.1) is 12.5 Å². The van der Waals surface area contributed by atoms with Crippen molar-refractivity contribution in [3.05, 3.63) is 82.9 Å². The Labute approximate surface area is 188 Å². The number of nitrogens with one attached hydrogen (secondary N) is 2. The second-order valence-electron chi connectivity index (χ2n) is 7.31. The molecule has 1 aliphatic heterocycles. The number of fused-ring (bicyclic) bond motifs is 2. The lowest BCUT2D eigenvalue weighted by molar-refractivity contribution is -0.119. The van der Waals surface area contributed by atoms with E-state index in [1.165, 1.54) is 18.3 Å². The van der Waals surface area contributed by atoms with E-state index in [1.54, 1.807) is 12.1 Å². The number of benzene rings is 2. The fourth-order valence-electron chi connectivity index (χ4n) is 3.64. The SMILES string of the molecule is CC(=O)NCc1ccc(-c2csc(NC(=O)C3c4ccccc4Oc4ccccc43)n2)o1. The van der Waals surface area contributed by atoms with E-state index < -0.39 is 5.92 Å². The van der Waals surface area contributed by atoms with Crippen LogP contribution in [-0.4, -0.2) is 16.8 Å². The number of aromatic nitrogens is 1. The molecule has 0 spiro atoms. The van der Waals surface area contributed by atoms with Crippen molar-refractivity contribution in [2.75, 3.05) is 5.32 Å². The van der Waals surface area contributed by atoms with Crippen LogP contribution in [0.5, 0.6) is 11.5 Å². The van der Waals surface area contributed by atoms with Crippen molar-refractivity contribution in [3.63, 3.8) is 0 Å². The van der Waals surface area contributed by atoms with Crippen molar-refractivity contribution in [1.29, 1.82) is 0 Å². The first-order valence-electron chi connectivity index (χ1n) is 10.0. The number of nitrogens with zero attached hydrogens (tertiary/aromatic N) is 1. The Bertz CT molecular complexity index is 1260. The predicted molar refractivity (Wildman–Crippen MR) is 121 cm³/mol. The number of ether oxygens (including phenoxy) is 1. The molecule has 0 radical (unpaired) electrons. The summed E-state index contributed by atoms with van der Waals surface area (Å²) in [7, 11) is 0. The van der Waals surface area contributed by atoms with E-state index in [1.807, 2.05) is 53.9 Å². The minimum atomic E-state index is -0.503. The quantitative estimate of drug-likeness (QED) is 0.455. The van der Waals surface area contributed by atoms with Gasteiger partial charge in [0.15, 0.2) is 10.9 Å². The molecule has 3 heterocycles. The van der Waals surface area contributed by atoms with E-state index in [9.17, 15) is 9.59 Å². The van der Waals surface area contributed by atoms with Gasteiger partial charge in [0.1, 0.15) is 23.0 Å².